The predicted molar refractivity (Wildman–Crippen MR) is 103 cm³/mol. The number of nitrogens with zero attached hydrogens (tertiary/aromatic N) is 2. The van der Waals surface area contributed by atoms with Crippen molar-refractivity contribution in [2.24, 2.45) is 0 Å². The van der Waals surface area contributed by atoms with Crippen LogP contribution in [0, 0.1) is 13.8 Å². The third kappa shape index (κ3) is 4.13. The molecule has 0 saturated carbocycles. The van der Waals surface area contributed by atoms with Crippen LogP contribution < -0.4 is 0 Å². The average molecular weight is 350 g/mol. The van der Waals surface area contributed by atoms with Gasteiger partial charge in [0.15, 0.2) is 0 Å². The van der Waals surface area contributed by atoms with Crippen LogP contribution in [0.1, 0.15) is 45.5 Å². The van der Waals surface area contributed by atoms with E-state index in [-0.39, 0.29) is 11.8 Å². The molecule has 136 valence electrons. The lowest BCUT2D eigenvalue weighted by Gasteiger charge is -2.19. The van der Waals surface area contributed by atoms with Crippen molar-refractivity contribution in [3.63, 3.8) is 0 Å². The Kier molecular flexibility index (Phi) is 5.40. The second-order valence-electron chi connectivity index (χ2n) is 7.21. The largest absolute Gasteiger partial charge is 0.338 e. The van der Waals surface area contributed by atoms with E-state index in [1.54, 1.807) is 4.90 Å². The molecule has 0 aromatic heterocycles. The monoisotopic (exact) mass is 350 g/mol. The Morgan fingerprint density at radius 1 is 1.12 bits per heavy atom. The van der Waals surface area contributed by atoms with E-state index in [1.807, 2.05) is 36.2 Å². The van der Waals surface area contributed by atoms with E-state index in [9.17, 15) is 9.59 Å². The number of carbonyl (C=O) groups excluding carboxylic acids is 2. The molecule has 1 saturated heterocycles. The van der Waals surface area contributed by atoms with Crippen LogP contribution in [-0.4, -0.2) is 35.2 Å². The van der Waals surface area contributed by atoms with Crippen molar-refractivity contribution in [3.05, 3.63) is 70.3 Å². The van der Waals surface area contributed by atoms with Gasteiger partial charge in [0.1, 0.15) is 0 Å². The van der Waals surface area contributed by atoms with Crippen molar-refractivity contribution in [1.29, 1.82) is 0 Å². The molecule has 1 aliphatic heterocycles. The Hall–Kier alpha value is -2.62. The molecule has 2 amide bonds. The first-order valence-corrected chi connectivity index (χ1v) is 9.12. The van der Waals surface area contributed by atoms with Gasteiger partial charge in [0.25, 0.3) is 5.91 Å². The second-order valence-corrected chi connectivity index (χ2v) is 7.21. The molecular weight excluding hydrogens is 324 g/mol. The van der Waals surface area contributed by atoms with Crippen LogP contribution in [0.3, 0.4) is 0 Å². The molecule has 0 aliphatic carbocycles. The highest BCUT2D eigenvalue weighted by Crippen LogP contribution is 2.17. The van der Waals surface area contributed by atoms with Crippen LogP contribution >= 0.6 is 0 Å². The zero-order chi connectivity index (χ0) is 18.7. The Morgan fingerprint density at radius 3 is 2.46 bits per heavy atom. The van der Waals surface area contributed by atoms with Crippen LogP contribution in [0.25, 0.3) is 0 Å². The van der Waals surface area contributed by atoms with Crippen LogP contribution in [0.15, 0.2) is 42.5 Å². The highest BCUT2D eigenvalue weighted by molar-refractivity contribution is 5.94. The lowest BCUT2D eigenvalue weighted by molar-refractivity contribution is -0.128. The molecule has 2 aromatic rings. The van der Waals surface area contributed by atoms with Crippen LogP contribution in [0.2, 0.25) is 0 Å². The second kappa shape index (κ2) is 7.73. The Labute approximate surface area is 155 Å². The molecule has 0 atom stereocenters. The summed E-state index contributed by atoms with van der Waals surface area (Å²) in [5.74, 6) is 0.229. The first-order chi connectivity index (χ1) is 12.4. The van der Waals surface area contributed by atoms with E-state index < -0.39 is 0 Å². The normalized spacial score (nSPS) is 14.0. The number of aryl methyl sites for hydroxylation is 2. The summed E-state index contributed by atoms with van der Waals surface area (Å²) in [6.07, 6.45) is 1.60. The number of hydrogen-bond donors (Lipinski definition) is 0. The maximum atomic E-state index is 12.7. The van der Waals surface area contributed by atoms with Crippen molar-refractivity contribution in [1.82, 2.24) is 9.80 Å². The molecule has 0 radical (unpaired) electrons. The summed E-state index contributed by atoms with van der Waals surface area (Å²) >= 11 is 0. The highest BCUT2D eigenvalue weighted by Gasteiger charge is 2.20. The van der Waals surface area contributed by atoms with Gasteiger partial charge in [0.05, 0.1) is 0 Å². The summed E-state index contributed by atoms with van der Waals surface area (Å²) in [6.45, 7) is 6.21. The van der Waals surface area contributed by atoms with Gasteiger partial charge in [-0.15, -0.1) is 0 Å². The van der Waals surface area contributed by atoms with Crippen molar-refractivity contribution < 1.29 is 9.59 Å². The van der Waals surface area contributed by atoms with E-state index in [4.69, 9.17) is 0 Å². The van der Waals surface area contributed by atoms with Gasteiger partial charge < -0.3 is 9.80 Å². The Balaban J connectivity index is 1.64. The fraction of sp³-hybridized carbons (Fsp3) is 0.364. The molecule has 1 heterocycles. The van der Waals surface area contributed by atoms with E-state index in [0.717, 1.165) is 24.1 Å². The minimum absolute atomic E-state index is 0.00812. The van der Waals surface area contributed by atoms with E-state index >= 15 is 0 Å². The van der Waals surface area contributed by atoms with Gasteiger partial charge in [-0.05, 0) is 49.1 Å². The topological polar surface area (TPSA) is 40.6 Å². The van der Waals surface area contributed by atoms with Gasteiger partial charge in [-0.3, -0.25) is 9.59 Å². The maximum absolute atomic E-state index is 12.7. The van der Waals surface area contributed by atoms with Gasteiger partial charge in [0.2, 0.25) is 5.91 Å². The van der Waals surface area contributed by atoms with Crippen LogP contribution in [0.4, 0.5) is 0 Å². The predicted octanol–water partition coefficient (Wildman–Crippen LogP) is 3.70. The molecular formula is C22H26N2O2. The maximum Gasteiger partial charge on any atom is 0.253 e. The average Bonchev–Trinajstić information content (AvgIpc) is 3.02. The molecule has 1 aliphatic rings. The summed E-state index contributed by atoms with van der Waals surface area (Å²) in [4.78, 5) is 28.1. The van der Waals surface area contributed by atoms with Gasteiger partial charge >= 0.3 is 0 Å². The van der Waals surface area contributed by atoms with Gasteiger partial charge in [-0.25, -0.2) is 0 Å². The highest BCUT2D eigenvalue weighted by atomic mass is 16.2. The van der Waals surface area contributed by atoms with E-state index in [0.29, 0.717) is 25.1 Å². The fourth-order valence-corrected chi connectivity index (χ4v) is 3.42. The minimum atomic E-state index is 0.00812. The number of likely N-dealkylation sites (tertiary alicyclic amines) is 1. The first kappa shape index (κ1) is 18.2. The summed E-state index contributed by atoms with van der Waals surface area (Å²) in [5.41, 5.74) is 5.33. The van der Waals surface area contributed by atoms with Crippen LogP contribution in [-0.2, 0) is 17.9 Å². The first-order valence-electron chi connectivity index (χ1n) is 9.12. The van der Waals surface area contributed by atoms with Gasteiger partial charge in [-0.1, -0.05) is 35.9 Å². The Morgan fingerprint density at radius 2 is 1.85 bits per heavy atom. The van der Waals surface area contributed by atoms with Crippen LogP contribution in [0.5, 0.6) is 0 Å². The molecule has 0 bridgehead atoms. The zero-order valence-corrected chi connectivity index (χ0v) is 15.8. The molecule has 0 spiro atoms. The molecule has 0 N–H and O–H groups in total. The van der Waals surface area contributed by atoms with Crippen molar-refractivity contribution in [3.8, 4) is 0 Å². The lowest BCUT2D eigenvalue weighted by Crippen LogP contribution is -2.27. The summed E-state index contributed by atoms with van der Waals surface area (Å²) in [5, 5.41) is 0. The lowest BCUT2D eigenvalue weighted by atomic mass is 10.0. The van der Waals surface area contributed by atoms with Gasteiger partial charge in [0, 0.05) is 38.7 Å². The van der Waals surface area contributed by atoms with Crippen molar-refractivity contribution in [2.75, 3.05) is 13.6 Å². The van der Waals surface area contributed by atoms with Gasteiger partial charge in [-0.2, -0.15) is 0 Å². The number of carbonyl (C=O) groups is 2. The summed E-state index contributed by atoms with van der Waals surface area (Å²) in [7, 11) is 1.83. The molecule has 1 fully saturated rings. The number of amides is 2. The smallest absolute Gasteiger partial charge is 0.253 e. The quantitative estimate of drug-likeness (QED) is 0.825. The Bertz CT molecular complexity index is 811. The third-order valence-corrected chi connectivity index (χ3v) is 5.00. The minimum Gasteiger partial charge on any atom is -0.338 e. The molecule has 4 nitrogen and oxygen atoms in total. The fourth-order valence-electron chi connectivity index (χ4n) is 3.42. The molecule has 3 rings (SSSR count). The SMILES string of the molecule is Cc1ccc(CN(C)C(=O)c2ccc(CN3CCCC3=O)cc2)c(C)c1. The number of hydrogen-bond acceptors (Lipinski definition) is 2. The summed E-state index contributed by atoms with van der Waals surface area (Å²) < 4.78 is 0. The number of rotatable bonds is 5. The van der Waals surface area contributed by atoms with E-state index in [1.165, 1.54) is 11.1 Å². The van der Waals surface area contributed by atoms with Crippen molar-refractivity contribution >= 4 is 11.8 Å². The molecule has 4 heteroatoms. The standard InChI is InChI=1S/C22H26N2O2/c1-16-6-9-20(17(2)13-16)15-23(3)22(26)19-10-7-18(8-11-19)14-24-12-4-5-21(24)25/h6-11,13H,4-5,12,14-15H2,1-3H3. The summed E-state index contributed by atoms with van der Waals surface area (Å²) in [6, 6.07) is 13.9. The molecule has 26 heavy (non-hydrogen) atoms. The zero-order valence-electron chi connectivity index (χ0n) is 15.8. The number of benzene rings is 2. The third-order valence-electron chi connectivity index (χ3n) is 5.00. The molecule has 2 aromatic carbocycles. The molecule has 0 unspecified atom stereocenters. The van der Waals surface area contributed by atoms with E-state index in [2.05, 4.69) is 32.0 Å². The van der Waals surface area contributed by atoms with Crippen molar-refractivity contribution in [2.45, 2.75) is 39.8 Å².